The maximum absolute atomic E-state index is 12.1. The minimum absolute atomic E-state index is 0.285. The summed E-state index contributed by atoms with van der Waals surface area (Å²) in [4.78, 5) is 14.5. The maximum atomic E-state index is 12.1. The number of nitrogens with zero attached hydrogens (tertiary/aromatic N) is 2. The van der Waals surface area contributed by atoms with Gasteiger partial charge in [0, 0.05) is 47.4 Å². The molecule has 1 aliphatic rings. The molecular formula is C27H25ClN2O4. The van der Waals surface area contributed by atoms with Crippen molar-refractivity contribution < 1.29 is 19.0 Å². The number of morpholine rings is 1. The summed E-state index contributed by atoms with van der Waals surface area (Å²) in [7, 11) is 1.33. The number of esters is 1. The Morgan fingerprint density at radius 3 is 2.71 bits per heavy atom. The number of anilines is 1. The first-order chi connectivity index (χ1) is 16.6. The second-order valence-electron chi connectivity index (χ2n) is 8.17. The fourth-order valence-electron chi connectivity index (χ4n) is 4.24. The van der Waals surface area contributed by atoms with Crippen LogP contribution < -0.4 is 9.64 Å². The van der Waals surface area contributed by atoms with Crippen molar-refractivity contribution in [3.8, 4) is 11.5 Å². The smallest absolute Gasteiger partial charge is 0.341 e. The van der Waals surface area contributed by atoms with Gasteiger partial charge in [0.25, 0.3) is 0 Å². The van der Waals surface area contributed by atoms with Gasteiger partial charge in [-0.05, 0) is 60.2 Å². The first-order valence-corrected chi connectivity index (χ1v) is 11.5. The number of halogens is 1. The number of methoxy groups -OCH3 is 1. The van der Waals surface area contributed by atoms with Crippen molar-refractivity contribution >= 4 is 34.2 Å². The molecule has 1 aromatic heterocycles. The number of benzene rings is 3. The van der Waals surface area contributed by atoms with Crippen molar-refractivity contribution in [1.29, 1.82) is 0 Å². The quantitative estimate of drug-likeness (QED) is 0.331. The number of hydrogen-bond donors (Lipinski definition) is 0. The van der Waals surface area contributed by atoms with E-state index >= 15 is 0 Å². The van der Waals surface area contributed by atoms with Crippen LogP contribution in [0.2, 0.25) is 5.02 Å². The van der Waals surface area contributed by atoms with Gasteiger partial charge in [-0.15, -0.1) is 0 Å². The lowest BCUT2D eigenvalue weighted by Crippen LogP contribution is -2.36. The number of hydrogen-bond acceptors (Lipinski definition) is 5. The van der Waals surface area contributed by atoms with Gasteiger partial charge in [0.2, 0.25) is 0 Å². The van der Waals surface area contributed by atoms with Crippen molar-refractivity contribution in [1.82, 2.24) is 4.57 Å². The molecule has 0 bridgehead atoms. The average Bonchev–Trinajstić information content (AvgIpc) is 3.27. The molecule has 3 aromatic carbocycles. The minimum atomic E-state index is -0.496. The molecule has 0 aliphatic carbocycles. The molecule has 174 valence electrons. The summed E-state index contributed by atoms with van der Waals surface area (Å²) in [5.41, 5.74) is 3.87. The Morgan fingerprint density at radius 2 is 1.88 bits per heavy atom. The Balaban J connectivity index is 1.36. The van der Waals surface area contributed by atoms with Gasteiger partial charge in [0.1, 0.15) is 17.1 Å². The second kappa shape index (κ2) is 9.79. The van der Waals surface area contributed by atoms with Crippen molar-refractivity contribution in [3.63, 3.8) is 0 Å². The van der Waals surface area contributed by atoms with E-state index < -0.39 is 5.97 Å². The Morgan fingerprint density at radius 1 is 1.03 bits per heavy atom. The molecule has 6 nitrogen and oxygen atoms in total. The monoisotopic (exact) mass is 476 g/mol. The standard InChI is InChI=1S/C27H25ClN2O4/c1-32-27(31)24-17-21(28)5-8-26(24)34-23-6-7-25-20(16-23)9-10-30(25)18-19-3-2-4-22(15-19)29-11-13-33-14-12-29/h2-10,15-17H,11-14,18H2,1H3. The number of rotatable bonds is 6. The molecule has 0 spiro atoms. The van der Waals surface area contributed by atoms with E-state index in [-0.39, 0.29) is 5.56 Å². The lowest BCUT2D eigenvalue weighted by Gasteiger charge is -2.29. The van der Waals surface area contributed by atoms with E-state index in [1.54, 1.807) is 18.2 Å². The van der Waals surface area contributed by atoms with Gasteiger partial charge < -0.3 is 23.7 Å². The summed E-state index contributed by atoms with van der Waals surface area (Å²) in [5, 5.41) is 1.49. The van der Waals surface area contributed by atoms with Crippen molar-refractivity contribution in [3.05, 3.63) is 89.1 Å². The molecule has 0 atom stereocenters. The molecule has 0 saturated carbocycles. The number of carbonyl (C=O) groups is 1. The molecule has 0 N–H and O–H groups in total. The van der Waals surface area contributed by atoms with Crippen LogP contribution in [0.3, 0.4) is 0 Å². The molecular weight excluding hydrogens is 452 g/mol. The van der Waals surface area contributed by atoms with Crippen LogP contribution in [0.15, 0.2) is 72.9 Å². The van der Waals surface area contributed by atoms with Gasteiger partial charge >= 0.3 is 5.97 Å². The van der Waals surface area contributed by atoms with Crippen LogP contribution in [0.25, 0.3) is 10.9 Å². The maximum Gasteiger partial charge on any atom is 0.341 e. The van der Waals surface area contributed by atoms with E-state index in [0.29, 0.717) is 16.5 Å². The molecule has 4 aromatic rings. The van der Waals surface area contributed by atoms with Crippen LogP contribution >= 0.6 is 11.6 Å². The summed E-state index contributed by atoms with van der Waals surface area (Å²) >= 11 is 6.05. The van der Waals surface area contributed by atoms with E-state index in [2.05, 4.69) is 46.0 Å². The molecule has 5 rings (SSSR count). The van der Waals surface area contributed by atoms with Gasteiger partial charge in [-0.3, -0.25) is 0 Å². The van der Waals surface area contributed by atoms with E-state index in [0.717, 1.165) is 43.8 Å². The third-order valence-electron chi connectivity index (χ3n) is 5.96. The van der Waals surface area contributed by atoms with Crippen LogP contribution in [0.1, 0.15) is 15.9 Å². The average molecular weight is 477 g/mol. The molecule has 1 saturated heterocycles. The molecule has 7 heteroatoms. The van der Waals surface area contributed by atoms with Gasteiger partial charge in [-0.25, -0.2) is 4.79 Å². The van der Waals surface area contributed by atoms with Crippen LogP contribution in [0.5, 0.6) is 11.5 Å². The summed E-state index contributed by atoms with van der Waals surface area (Å²) in [6.45, 7) is 4.15. The van der Waals surface area contributed by atoms with E-state index in [1.165, 1.54) is 18.4 Å². The van der Waals surface area contributed by atoms with Crippen LogP contribution in [0, 0.1) is 0 Å². The topological polar surface area (TPSA) is 52.9 Å². The molecule has 0 amide bonds. The van der Waals surface area contributed by atoms with Crippen molar-refractivity contribution in [2.24, 2.45) is 0 Å². The lowest BCUT2D eigenvalue weighted by molar-refractivity contribution is 0.0598. The van der Waals surface area contributed by atoms with Crippen LogP contribution in [-0.4, -0.2) is 43.9 Å². The molecule has 2 heterocycles. The first kappa shape index (κ1) is 22.3. The van der Waals surface area contributed by atoms with E-state index in [9.17, 15) is 4.79 Å². The lowest BCUT2D eigenvalue weighted by atomic mass is 10.1. The molecule has 0 unspecified atom stereocenters. The van der Waals surface area contributed by atoms with Gasteiger partial charge in [-0.2, -0.15) is 0 Å². The summed E-state index contributed by atoms with van der Waals surface area (Å²) in [5.74, 6) is 0.533. The van der Waals surface area contributed by atoms with Crippen LogP contribution in [0.4, 0.5) is 5.69 Å². The van der Waals surface area contributed by atoms with E-state index in [4.69, 9.17) is 25.8 Å². The van der Waals surface area contributed by atoms with Crippen LogP contribution in [-0.2, 0) is 16.0 Å². The summed E-state index contributed by atoms with van der Waals surface area (Å²) in [6.07, 6.45) is 2.08. The third kappa shape index (κ3) is 4.74. The fourth-order valence-corrected chi connectivity index (χ4v) is 4.41. The highest BCUT2D eigenvalue weighted by molar-refractivity contribution is 6.31. The van der Waals surface area contributed by atoms with Crippen molar-refractivity contribution in [2.45, 2.75) is 6.54 Å². The second-order valence-corrected chi connectivity index (χ2v) is 8.60. The molecule has 1 fully saturated rings. The zero-order chi connectivity index (χ0) is 23.5. The Labute approximate surface area is 203 Å². The number of ether oxygens (including phenoxy) is 3. The van der Waals surface area contributed by atoms with Gasteiger partial charge in [0.15, 0.2) is 0 Å². The fraction of sp³-hybridized carbons (Fsp3) is 0.222. The molecule has 1 aliphatic heterocycles. The molecule has 0 radical (unpaired) electrons. The summed E-state index contributed by atoms with van der Waals surface area (Å²) in [6, 6.07) is 21.5. The number of aromatic nitrogens is 1. The zero-order valence-electron chi connectivity index (χ0n) is 18.9. The summed E-state index contributed by atoms with van der Waals surface area (Å²) < 4.78 is 18.6. The van der Waals surface area contributed by atoms with Gasteiger partial charge in [0.05, 0.1) is 20.3 Å². The number of fused-ring (bicyclic) bond motifs is 1. The Hall–Kier alpha value is -3.48. The SMILES string of the molecule is COC(=O)c1cc(Cl)ccc1Oc1ccc2c(ccn2Cc2cccc(N3CCOCC3)c2)c1. The predicted octanol–water partition coefficient (Wildman–Crippen LogP) is 5.76. The van der Waals surface area contributed by atoms with Gasteiger partial charge in [-0.1, -0.05) is 23.7 Å². The zero-order valence-corrected chi connectivity index (χ0v) is 19.6. The largest absolute Gasteiger partial charge is 0.465 e. The first-order valence-electron chi connectivity index (χ1n) is 11.2. The highest BCUT2D eigenvalue weighted by Crippen LogP contribution is 2.31. The van der Waals surface area contributed by atoms with E-state index in [1.807, 2.05) is 18.2 Å². The highest BCUT2D eigenvalue weighted by Gasteiger charge is 2.15. The Bertz CT molecular complexity index is 1330. The highest BCUT2D eigenvalue weighted by atomic mass is 35.5. The molecule has 34 heavy (non-hydrogen) atoms. The minimum Gasteiger partial charge on any atom is -0.465 e. The third-order valence-corrected chi connectivity index (χ3v) is 6.19. The van der Waals surface area contributed by atoms with Crippen molar-refractivity contribution in [2.75, 3.05) is 38.3 Å². The normalized spacial score (nSPS) is 13.8. The predicted molar refractivity (Wildman–Crippen MR) is 133 cm³/mol. The Kier molecular flexibility index (Phi) is 6.43. The number of carbonyl (C=O) groups excluding carboxylic acids is 1.